The first-order valence-corrected chi connectivity index (χ1v) is 6.12. The number of aliphatic carboxylic acids is 1. The van der Waals surface area contributed by atoms with Crippen LogP contribution in [0.5, 0.6) is 0 Å². The van der Waals surface area contributed by atoms with E-state index in [0.717, 1.165) is 0 Å². The fourth-order valence-corrected chi connectivity index (χ4v) is 2.07. The summed E-state index contributed by atoms with van der Waals surface area (Å²) in [6.07, 6.45) is 0.510. The maximum absolute atomic E-state index is 11.5. The van der Waals surface area contributed by atoms with Crippen molar-refractivity contribution >= 4 is 23.6 Å². The molecule has 0 spiro atoms. The van der Waals surface area contributed by atoms with E-state index in [0.29, 0.717) is 19.6 Å². The molecule has 0 rings (SSSR count). The number of carbonyl (C=O) groups is 2. The van der Waals surface area contributed by atoms with Gasteiger partial charge in [-0.25, -0.2) is 0 Å². The molecule has 2 N–H and O–H groups in total. The standard InChI is InChI=1S/C10H19NO4S/c1-4-8(10(13)14)16-7(2)9(12)11-5-6-15-3/h7-8H,4-6H2,1-3H3,(H,11,12)(H,13,14). The summed E-state index contributed by atoms with van der Waals surface area (Å²) in [5, 5.41) is 10.6. The van der Waals surface area contributed by atoms with Gasteiger partial charge >= 0.3 is 5.97 Å². The Morgan fingerprint density at radius 3 is 2.56 bits per heavy atom. The van der Waals surface area contributed by atoms with Gasteiger partial charge in [0.15, 0.2) is 0 Å². The third-order valence-corrected chi connectivity index (χ3v) is 3.48. The lowest BCUT2D eigenvalue weighted by Crippen LogP contribution is -2.35. The molecule has 0 heterocycles. The quantitative estimate of drug-likeness (QED) is 0.620. The lowest BCUT2D eigenvalue weighted by Gasteiger charge is -2.15. The maximum Gasteiger partial charge on any atom is 0.316 e. The third kappa shape index (κ3) is 5.97. The number of hydrogen-bond donors (Lipinski definition) is 2. The zero-order valence-corrected chi connectivity index (χ0v) is 10.7. The average Bonchev–Trinajstić information content (AvgIpc) is 2.25. The summed E-state index contributed by atoms with van der Waals surface area (Å²) in [6, 6.07) is 0. The van der Waals surface area contributed by atoms with E-state index in [4.69, 9.17) is 9.84 Å². The molecule has 94 valence electrons. The van der Waals surface area contributed by atoms with Crippen LogP contribution in [0.25, 0.3) is 0 Å². The molecule has 2 atom stereocenters. The number of hydrogen-bond acceptors (Lipinski definition) is 4. The van der Waals surface area contributed by atoms with Gasteiger partial charge in [0.05, 0.1) is 11.9 Å². The van der Waals surface area contributed by atoms with Gasteiger partial charge in [-0.05, 0) is 13.3 Å². The summed E-state index contributed by atoms with van der Waals surface area (Å²) in [7, 11) is 1.56. The van der Waals surface area contributed by atoms with Crippen molar-refractivity contribution in [3.05, 3.63) is 0 Å². The van der Waals surface area contributed by atoms with Gasteiger partial charge in [-0.1, -0.05) is 6.92 Å². The zero-order valence-electron chi connectivity index (χ0n) is 9.86. The van der Waals surface area contributed by atoms with E-state index in [1.54, 1.807) is 21.0 Å². The van der Waals surface area contributed by atoms with E-state index in [-0.39, 0.29) is 11.2 Å². The van der Waals surface area contributed by atoms with E-state index >= 15 is 0 Å². The fraction of sp³-hybridized carbons (Fsp3) is 0.800. The predicted octanol–water partition coefficient (Wildman–Crippen LogP) is 0.734. The number of carboxylic acid groups (broad SMARTS) is 1. The molecule has 16 heavy (non-hydrogen) atoms. The van der Waals surface area contributed by atoms with Crippen molar-refractivity contribution in [2.75, 3.05) is 20.3 Å². The Balaban J connectivity index is 3.98. The van der Waals surface area contributed by atoms with Crippen molar-refractivity contribution in [1.29, 1.82) is 0 Å². The molecule has 5 nitrogen and oxygen atoms in total. The minimum absolute atomic E-state index is 0.151. The highest BCUT2D eigenvalue weighted by Crippen LogP contribution is 2.20. The molecular weight excluding hydrogens is 230 g/mol. The molecule has 0 saturated heterocycles. The predicted molar refractivity (Wildman–Crippen MR) is 63.7 cm³/mol. The van der Waals surface area contributed by atoms with Crippen LogP contribution in [0.1, 0.15) is 20.3 Å². The maximum atomic E-state index is 11.5. The van der Waals surface area contributed by atoms with Gasteiger partial charge in [-0.3, -0.25) is 9.59 Å². The smallest absolute Gasteiger partial charge is 0.316 e. The fourth-order valence-electron chi connectivity index (χ4n) is 1.06. The highest BCUT2D eigenvalue weighted by atomic mass is 32.2. The first-order chi connectivity index (χ1) is 7.52. The average molecular weight is 249 g/mol. The molecule has 0 aromatic heterocycles. The minimum Gasteiger partial charge on any atom is -0.480 e. The van der Waals surface area contributed by atoms with E-state index in [2.05, 4.69) is 5.32 Å². The summed E-state index contributed by atoms with van der Waals surface area (Å²) < 4.78 is 4.80. The highest BCUT2D eigenvalue weighted by molar-refractivity contribution is 8.01. The summed E-state index contributed by atoms with van der Waals surface area (Å²) in [5.74, 6) is -1.02. The van der Waals surface area contributed by atoms with Gasteiger partial charge in [0.2, 0.25) is 5.91 Å². The second-order valence-corrected chi connectivity index (χ2v) is 4.85. The van der Waals surface area contributed by atoms with Crippen LogP contribution in [0.15, 0.2) is 0 Å². The number of nitrogens with one attached hydrogen (secondary N) is 1. The van der Waals surface area contributed by atoms with Gasteiger partial charge in [0.1, 0.15) is 5.25 Å². The van der Waals surface area contributed by atoms with Crippen LogP contribution < -0.4 is 5.32 Å². The Morgan fingerprint density at radius 2 is 2.12 bits per heavy atom. The third-order valence-electron chi connectivity index (χ3n) is 1.99. The van der Waals surface area contributed by atoms with E-state index in [1.165, 1.54) is 11.8 Å². The molecule has 0 radical (unpaired) electrons. The molecule has 0 aliphatic carbocycles. The molecule has 2 unspecified atom stereocenters. The first-order valence-electron chi connectivity index (χ1n) is 5.17. The Morgan fingerprint density at radius 1 is 1.50 bits per heavy atom. The van der Waals surface area contributed by atoms with Crippen molar-refractivity contribution in [1.82, 2.24) is 5.32 Å². The van der Waals surface area contributed by atoms with Gasteiger partial charge in [0.25, 0.3) is 0 Å². The van der Waals surface area contributed by atoms with Crippen LogP contribution in [0.2, 0.25) is 0 Å². The first kappa shape index (κ1) is 15.2. The zero-order chi connectivity index (χ0) is 12.6. The van der Waals surface area contributed by atoms with Crippen LogP contribution in [-0.2, 0) is 14.3 Å². The Bertz CT molecular complexity index is 235. The van der Waals surface area contributed by atoms with E-state index < -0.39 is 11.2 Å². The van der Waals surface area contributed by atoms with Crippen molar-refractivity contribution in [3.63, 3.8) is 0 Å². The van der Waals surface area contributed by atoms with Gasteiger partial charge < -0.3 is 15.2 Å². The number of rotatable bonds is 8. The number of thioether (sulfide) groups is 1. The van der Waals surface area contributed by atoms with E-state index in [1.807, 2.05) is 0 Å². The molecular formula is C10H19NO4S. The SMILES string of the molecule is CCC(SC(C)C(=O)NCCOC)C(=O)O. The number of methoxy groups -OCH3 is 1. The largest absolute Gasteiger partial charge is 0.480 e. The molecule has 0 aliphatic heterocycles. The molecule has 6 heteroatoms. The molecule has 0 bridgehead atoms. The Kier molecular flexibility index (Phi) is 8.01. The summed E-state index contributed by atoms with van der Waals surface area (Å²) in [6.45, 7) is 4.41. The molecule has 0 fully saturated rings. The summed E-state index contributed by atoms with van der Waals surface area (Å²) in [5.41, 5.74) is 0. The van der Waals surface area contributed by atoms with Gasteiger partial charge in [-0.2, -0.15) is 0 Å². The second-order valence-electron chi connectivity index (χ2n) is 3.30. The van der Waals surface area contributed by atoms with Crippen molar-refractivity contribution < 1.29 is 19.4 Å². The topological polar surface area (TPSA) is 75.6 Å². The molecule has 0 aromatic rings. The lowest BCUT2D eigenvalue weighted by molar-refractivity contribution is -0.136. The number of carbonyl (C=O) groups excluding carboxylic acids is 1. The lowest BCUT2D eigenvalue weighted by atomic mass is 10.3. The molecule has 0 saturated carbocycles. The van der Waals surface area contributed by atoms with Gasteiger partial charge in [0, 0.05) is 13.7 Å². The monoisotopic (exact) mass is 249 g/mol. The van der Waals surface area contributed by atoms with Crippen LogP contribution in [0.3, 0.4) is 0 Å². The minimum atomic E-state index is -0.871. The number of amides is 1. The summed E-state index contributed by atoms with van der Waals surface area (Å²) in [4.78, 5) is 22.3. The number of carboxylic acids is 1. The Labute approximate surface area is 99.9 Å². The molecule has 0 aromatic carbocycles. The summed E-state index contributed by atoms with van der Waals surface area (Å²) >= 11 is 1.17. The number of ether oxygens (including phenoxy) is 1. The van der Waals surface area contributed by atoms with Crippen LogP contribution >= 0.6 is 11.8 Å². The second kappa shape index (κ2) is 8.41. The molecule has 1 amide bonds. The highest BCUT2D eigenvalue weighted by Gasteiger charge is 2.22. The normalized spacial score (nSPS) is 14.2. The molecule has 0 aliphatic rings. The van der Waals surface area contributed by atoms with Crippen LogP contribution in [0.4, 0.5) is 0 Å². The van der Waals surface area contributed by atoms with Crippen LogP contribution in [-0.4, -0.2) is 47.7 Å². The Hall–Kier alpha value is -0.750. The van der Waals surface area contributed by atoms with Crippen molar-refractivity contribution in [3.8, 4) is 0 Å². The van der Waals surface area contributed by atoms with Crippen LogP contribution in [0, 0.1) is 0 Å². The van der Waals surface area contributed by atoms with E-state index in [9.17, 15) is 9.59 Å². The van der Waals surface area contributed by atoms with Crippen molar-refractivity contribution in [2.45, 2.75) is 30.8 Å². The van der Waals surface area contributed by atoms with Crippen molar-refractivity contribution in [2.24, 2.45) is 0 Å². The van der Waals surface area contributed by atoms with Gasteiger partial charge in [-0.15, -0.1) is 11.8 Å².